The van der Waals surface area contributed by atoms with Crippen molar-refractivity contribution in [3.63, 3.8) is 0 Å². The van der Waals surface area contributed by atoms with E-state index in [4.69, 9.17) is 9.72 Å². The van der Waals surface area contributed by atoms with Crippen molar-refractivity contribution in [2.45, 2.75) is 51.5 Å². The molecule has 2 N–H and O–H groups in total. The number of pyridine rings is 1. The number of nitrogens with zero attached hydrogens (tertiary/aromatic N) is 2. The number of thiazole rings is 1. The monoisotopic (exact) mass is 486 g/mol. The zero-order valence-electron chi connectivity index (χ0n) is 19.4. The standard InChI is InChI=1S/C24H30N4O3S2/c1-15-7-8-20(14-22(15)33(29,30)28-21-6-5-11-25-17(21)3)23-18(4)27-24(32-23)26-16(2)19-9-12-31-13-10-19/h5-8,11,14,16,19,28H,9-10,12-13H2,1-4H3,(H,26,27). The van der Waals surface area contributed by atoms with Crippen molar-refractivity contribution in [1.29, 1.82) is 0 Å². The molecule has 0 bridgehead atoms. The van der Waals surface area contributed by atoms with Crippen LogP contribution in [0.1, 0.15) is 36.7 Å². The number of hydrogen-bond donors (Lipinski definition) is 2. The highest BCUT2D eigenvalue weighted by Crippen LogP contribution is 2.36. The van der Waals surface area contributed by atoms with Crippen LogP contribution in [0.4, 0.5) is 10.8 Å². The van der Waals surface area contributed by atoms with Crippen LogP contribution in [0.25, 0.3) is 10.4 Å². The van der Waals surface area contributed by atoms with Gasteiger partial charge >= 0.3 is 0 Å². The van der Waals surface area contributed by atoms with E-state index in [0.29, 0.717) is 28.9 Å². The molecule has 2 aromatic heterocycles. The third kappa shape index (κ3) is 5.37. The Morgan fingerprint density at radius 2 is 1.88 bits per heavy atom. The molecule has 1 aliphatic rings. The highest BCUT2D eigenvalue weighted by Gasteiger charge is 2.23. The maximum Gasteiger partial charge on any atom is 0.262 e. The lowest BCUT2D eigenvalue weighted by molar-refractivity contribution is 0.0622. The molecule has 4 rings (SSSR count). The lowest BCUT2D eigenvalue weighted by Gasteiger charge is -2.28. The second kappa shape index (κ2) is 9.79. The molecule has 176 valence electrons. The van der Waals surface area contributed by atoms with Gasteiger partial charge in [-0.2, -0.15) is 0 Å². The van der Waals surface area contributed by atoms with Gasteiger partial charge in [-0.15, -0.1) is 0 Å². The van der Waals surface area contributed by atoms with Gasteiger partial charge in [0.15, 0.2) is 5.13 Å². The number of rotatable bonds is 7. The Morgan fingerprint density at radius 1 is 1.12 bits per heavy atom. The van der Waals surface area contributed by atoms with E-state index in [2.05, 4.69) is 21.9 Å². The Balaban J connectivity index is 1.59. The van der Waals surface area contributed by atoms with Gasteiger partial charge in [0.1, 0.15) is 0 Å². The van der Waals surface area contributed by atoms with Crippen molar-refractivity contribution in [3.05, 3.63) is 53.5 Å². The summed E-state index contributed by atoms with van der Waals surface area (Å²) in [5, 5.41) is 4.41. The third-order valence-corrected chi connectivity index (χ3v) is 8.76. The first kappa shape index (κ1) is 23.7. The molecule has 0 saturated carbocycles. The highest BCUT2D eigenvalue weighted by atomic mass is 32.2. The number of aromatic nitrogens is 2. The van der Waals surface area contributed by atoms with E-state index >= 15 is 0 Å². The lowest BCUT2D eigenvalue weighted by Crippen LogP contribution is -2.30. The predicted octanol–water partition coefficient (Wildman–Crippen LogP) is 5.16. The molecule has 1 aromatic carbocycles. The summed E-state index contributed by atoms with van der Waals surface area (Å²) in [4.78, 5) is 10.1. The average Bonchev–Trinajstić information content (AvgIpc) is 3.16. The van der Waals surface area contributed by atoms with E-state index in [0.717, 1.165) is 47.3 Å². The van der Waals surface area contributed by atoms with Crippen LogP contribution >= 0.6 is 11.3 Å². The van der Waals surface area contributed by atoms with Crippen LogP contribution in [0, 0.1) is 26.7 Å². The van der Waals surface area contributed by atoms with Gasteiger partial charge in [0, 0.05) is 25.5 Å². The molecule has 1 aliphatic heterocycles. The molecular formula is C24H30N4O3S2. The SMILES string of the molecule is Cc1ccc(-c2sc(NC(C)C3CCOCC3)nc2C)cc1S(=O)(=O)Nc1cccnc1C. The van der Waals surface area contributed by atoms with Crippen molar-refractivity contribution >= 4 is 32.2 Å². The Labute approximate surface area is 199 Å². The van der Waals surface area contributed by atoms with Crippen LogP contribution in [-0.4, -0.2) is 37.6 Å². The second-order valence-electron chi connectivity index (χ2n) is 8.54. The largest absolute Gasteiger partial charge is 0.381 e. The predicted molar refractivity (Wildman–Crippen MR) is 133 cm³/mol. The van der Waals surface area contributed by atoms with Gasteiger partial charge in [0.25, 0.3) is 10.0 Å². The first-order valence-electron chi connectivity index (χ1n) is 11.1. The average molecular weight is 487 g/mol. The highest BCUT2D eigenvalue weighted by molar-refractivity contribution is 7.92. The molecule has 9 heteroatoms. The van der Waals surface area contributed by atoms with Crippen molar-refractivity contribution in [2.75, 3.05) is 23.3 Å². The van der Waals surface area contributed by atoms with E-state index in [1.807, 2.05) is 19.1 Å². The molecule has 1 saturated heterocycles. The number of sulfonamides is 1. The number of nitrogens with one attached hydrogen (secondary N) is 2. The second-order valence-corrected chi connectivity index (χ2v) is 11.2. The normalized spacial score (nSPS) is 15.9. The van der Waals surface area contributed by atoms with Crippen LogP contribution in [-0.2, 0) is 14.8 Å². The summed E-state index contributed by atoms with van der Waals surface area (Å²) in [5.41, 5.74) is 3.50. The fourth-order valence-corrected chi connectivity index (χ4v) is 6.53. The topological polar surface area (TPSA) is 93.2 Å². The molecule has 0 spiro atoms. The van der Waals surface area contributed by atoms with Crippen molar-refractivity contribution in [2.24, 2.45) is 5.92 Å². The summed E-state index contributed by atoms with van der Waals surface area (Å²) in [6.45, 7) is 9.35. The smallest absolute Gasteiger partial charge is 0.262 e. The molecule has 7 nitrogen and oxygen atoms in total. The summed E-state index contributed by atoms with van der Waals surface area (Å²) in [7, 11) is -3.77. The molecule has 1 atom stereocenters. The summed E-state index contributed by atoms with van der Waals surface area (Å²) >= 11 is 1.56. The lowest BCUT2D eigenvalue weighted by atomic mass is 9.93. The van der Waals surface area contributed by atoms with E-state index in [9.17, 15) is 8.42 Å². The zero-order valence-corrected chi connectivity index (χ0v) is 21.0. The first-order valence-corrected chi connectivity index (χ1v) is 13.4. The van der Waals surface area contributed by atoms with Crippen LogP contribution < -0.4 is 10.0 Å². The number of ether oxygens (including phenoxy) is 1. The molecule has 0 radical (unpaired) electrons. The fourth-order valence-electron chi connectivity index (χ4n) is 4.08. The van der Waals surface area contributed by atoms with Gasteiger partial charge in [-0.1, -0.05) is 23.5 Å². The Bertz CT molecular complexity index is 1230. The summed E-state index contributed by atoms with van der Waals surface area (Å²) < 4.78 is 34.5. The molecule has 1 unspecified atom stereocenters. The van der Waals surface area contributed by atoms with Crippen LogP contribution in [0.15, 0.2) is 41.4 Å². The van der Waals surface area contributed by atoms with E-state index in [-0.39, 0.29) is 4.90 Å². The van der Waals surface area contributed by atoms with Crippen molar-refractivity contribution < 1.29 is 13.2 Å². The van der Waals surface area contributed by atoms with E-state index < -0.39 is 10.0 Å². The van der Waals surface area contributed by atoms with Gasteiger partial charge < -0.3 is 10.1 Å². The minimum absolute atomic E-state index is 0.251. The van der Waals surface area contributed by atoms with Crippen molar-refractivity contribution in [3.8, 4) is 10.4 Å². The van der Waals surface area contributed by atoms with Gasteiger partial charge in [-0.05, 0) is 75.8 Å². The van der Waals surface area contributed by atoms with Crippen LogP contribution in [0.5, 0.6) is 0 Å². The van der Waals surface area contributed by atoms with E-state index in [1.165, 1.54) is 0 Å². The summed E-state index contributed by atoms with van der Waals surface area (Å²) in [5.74, 6) is 0.560. The van der Waals surface area contributed by atoms with Crippen LogP contribution in [0.3, 0.4) is 0 Å². The van der Waals surface area contributed by atoms with Crippen LogP contribution in [0.2, 0.25) is 0 Å². The molecular weight excluding hydrogens is 456 g/mol. The molecule has 33 heavy (non-hydrogen) atoms. The van der Waals surface area contributed by atoms with Crippen molar-refractivity contribution in [1.82, 2.24) is 9.97 Å². The number of aryl methyl sites for hydroxylation is 3. The van der Waals surface area contributed by atoms with Gasteiger partial charge in [-0.3, -0.25) is 9.71 Å². The maximum absolute atomic E-state index is 13.2. The number of anilines is 2. The molecule has 0 aliphatic carbocycles. The number of benzene rings is 1. The summed E-state index contributed by atoms with van der Waals surface area (Å²) in [6.07, 6.45) is 3.74. The zero-order chi connectivity index (χ0) is 23.6. The Kier molecular flexibility index (Phi) is 7.02. The first-order chi connectivity index (χ1) is 15.7. The fraction of sp³-hybridized carbons (Fsp3) is 0.417. The van der Waals surface area contributed by atoms with Gasteiger partial charge in [0.05, 0.1) is 26.8 Å². The molecule has 3 aromatic rings. The number of hydrogen-bond acceptors (Lipinski definition) is 7. The minimum atomic E-state index is -3.77. The molecule has 3 heterocycles. The quantitative estimate of drug-likeness (QED) is 0.479. The van der Waals surface area contributed by atoms with Gasteiger partial charge in [0.2, 0.25) is 0 Å². The van der Waals surface area contributed by atoms with E-state index in [1.54, 1.807) is 49.6 Å². The maximum atomic E-state index is 13.2. The molecule has 0 amide bonds. The minimum Gasteiger partial charge on any atom is -0.381 e. The van der Waals surface area contributed by atoms with Gasteiger partial charge in [-0.25, -0.2) is 13.4 Å². The Morgan fingerprint density at radius 3 is 2.61 bits per heavy atom. The Hall–Kier alpha value is -2.49. The molecule has 1 fully saturated rings. The third-order valence-electron chi connectivity index (χ3n) is 6.11. The summed E-state index contributed by atoms with van der Waals surface area (Å²) in [6, 6.07) is 9.25.